The van der Waals surface area contributed by atoms with Crippen molar-refractivity contribution in [1.29, 1.82) is 0 Å². The fraction of sp³-hybridized carbons (Fsp3) is 0.455. The molecule has 4 aromatic rings. The van der Waals surface area contributed by atoms with Gasteiger partial charge in [-0.15, -0.1) is 0 Å². The summed E-state index contributed by atoms with van der Waals surface area (Å²) in [6.45, 7) is 1.11. The van der Waals surface area contributed by atoms with Crippen molar-refractivity contribution in [3.8, 4) is 33.5 Å². The molecule has 0 spiro atoms. The number of hydrogen-bond acceptors (Lipinski definition) is 6. The van der Waals surface area contributed by atoms with Crippen molar-refractivity contribution in [2.24, 2.45) is 16.8 Å². The number of aliphatic imine (C=N–C) groups is 1. The Balaban J connectivity index is 0.894. The molecule has 2 saturated carbocycles. The lowest BCUT2D eigenvalue weighted by Crippen LogP contribution is -2.58. The number of benzene rings is 3. The van der Waals surface area contributed by atoms with Crippen LogP contribution in [0.5, 0.6) is 0 Å². The first-order chi connectivity index (χ1) is 26.8. The average Bonchev–Trinajstić information content (AvgIpc) is 4.08. The summed E-state index contributed by atoms with van der Waals surface area (Å²) in [5.41, 5.74) is 7.04. The number of alkyl carbamates (subject to hydrolysis) is 1. The van der Waals surface area contributed by atoms with Crippen LogP contribution in [-0.4, -0.2) is 71.0 Å². The number of nitrogens with one attached hydrogen (secondary N) is 2. The molecule has 4 heterocycles. The van der Waals surface area contributed by atoms with Gasteiger partial charge in [0.25, 0.3) is 5.92 Å². The van der Waals surface area contributed by atoms with Crippen molar-refractivity contribution in [3.63, 3.8) is 0 Å². The van der Waals surface area contributed by atoms with E-state index in [9.17, 15) is 9.59 Å². The van der Waals surface area contributed by atoms with E-state index in [1.165, 1.54) is 20.0 Å². The molecule has 0 radical (unpaired) electrons. The number of methoxy groups -OCH3 is 1. The van der Waals surface area contributed by atoms with E-state index < -0.39 is 18.1 Å². The van der Waals surface area contributed by atoms with Crippen LogP contribution in [0.1, 0.15) is 86.2 Å². The number of H-pyrrole nitrogens is 1. The van der Waals surface area contributed by atoms with Crippen LogP contribution in [-0.2, 0) is 26.6 Å². The molecule has 11 heteroatoms. The predicted molar refractivity (Wildman–Crippen MR) is 205 cm³/mol. The molecular formula is C44H45F2N5O4. The predicted octanol–water partition coefficient (Wildman–Crippen LogP) is 8.68. The van der Waals surface area contributed by atoms with Gasteiger partial charge in [0.15, 0.2) is 0 Å². The normalized spacial score (nSPS) is 24.4. The van der Waals surface area contributed by atoms with Crippen LogP contribution in [0.3, 0.4) is 0 Å². The van der Waals surface area contributed by atoms with E-state index in [1.807, 2.05) is 41.3 Å². The summed E-state index contributed by atoms with van der Waals surface area (Å²) in [6.07, 6.45) is 10.6. The lowest BCUT2D eigenvalue weighted by molar-refractivity contribution is -0.138. The molecule has 2 amide bonds. The molecule has 4 atom stereocenters. The van der Waals surface area contributed by atoms with Gasteiger partial charge in [0.05, 0.1) is 30.7 Å². The molecule has 6 aliphatic rings. The monoisotopic (exact) mass is 745 g/mol. The fourth-order valence-corrected chi connectivity index (χ4v) is 10.5. The van der Waals surface area contributed by atoms with Gasteiger partial charge in [-0.05, 0) is 109 Å². The molecule has 10 rings (SSSR count). The zero-order valence-corrected chi connectivity index (χ0v) is 31.0. The number of carbonyl (C=O) groups excluding carboxylic acids is 2. The number of likely N-dealkylation sites (tertiary alicyclic amines) is 1. The Morgan fingerprint density at radius 2 is 1.64 bits per heavy atom. The minimum Gasteiger partial charge on any atom is -0.453 e. The third kappa shape index (κ3) is 5.79. The molecule has 55 heavy (non-hydrogen) atoms. The summed E-state index contributed by atoms with van der Waals surface area (Å²) in [5, 5.41) is 2.87. The number of fused-ring (bicyclic) bond motifs is 6. The van der Waals surface area contributed by atoms with E-state index in [2.05, 4.69) is 21.4 Å². The third-order valence-corrected chi connectivity index (χ3v) is 13.3. The highest BCUT2D eigenvalue weighted by molar-refractivity contribution is 6.02. The van der Waals surface area contributed by atoms with E-state index in [1.54, 1.807) is 18.3 Å². The van der Waals surface area contributed by atoms with Crippen LogP contribution in [0.4, 0.5) is 19.3 Å². The van der Waals surface area contributed by atoms with Gasteiger partial charge in [-0.2, -0.15) is 8.78 Å². The highest BCUT2D eigenvalue weighted by Crippen LogP contribution is 2.53. The molecule has 9 nitrogen and oxygen atoms in total. The maximum absolute atomic E-state index is 16.3. The standard InChI is InChI=1S/C44H45F2N5O4/c1-54-43(53)50-39(24-14-16-55-17-15-24)42(52)51-31-10-6-29(19-31)40(51)37-22-30-18-26(9-13-36(30)48-37)27-7-11-32-33-12-8-28(21-35(33)44(45,46)34(32)20-27)38-23-47-41(49-38)25-4-2-3-5-25/h7-9,11-13,18,20-21,23-25,29,31,39-40H,2-6,10,14-17,19,22H2,1H3,(H,47,49)(H,50,53)/t29-,31-,39+,40+/m1/s1. The number of halogens is 2. The first kappa shape index (κ1) is 34.6. The minimum atomic E-state index is -3.15. The van der Waals surface area contributed by atoms with Crippen LogP contribution in [0.15, 0.2) is 65.8 Å². The first-order valence-corrected chi connectivity index (χ1v) is 19.9. The van der Waals surface area contributed by atoms with Gasteiger partial charge in [-0.1, -0.05) is 43.2 Å². The topological polar surface area (TPSA) is 109 Å². The summed E-state index contributed by atoms with van der Waals surface area (Å²) < 4.78 is 43.2. The van der Waals surface area contributed by atoms with Crippen molar-refractivity contribution in [2.45, 2.75) is 94.2 Å². The molecule has 2 bridgehead atoms. The fourth-order valence-electron chi connectivity index (χ4n) is 10.5. The molecule has 284 valence electrons. The molecule has 2 N–H and O–H groups in total. The number of ether oxygens (including phenoxy) is 2. The Morgan fingerprint density at radius 1 is 0.927 bits per heavy atom. The number of alkyl halides is 2. The van der Waals surface area contributed by atoms with Crippen LogP contribution in [0, 0.1) is 11.8 Å². The van der Waals surface area contributed by atoms with Crippen LogP contribution >= 0.6 is 0 Å². The van der Waals surface area contributed by atoms with Crippen molar-refractivity contribution in [3.05, 3.63) is 83.3 Å². The van der Waals surface area contributed by atoms with Gasteiger partial charge in [0, 0.05) is 54.0 Å². The van der Waals surface area contributed by atoms with E-state index >= 15 is 8.78 Å². The first-order valence-electron chi connectivity index (χ1n) is 19.9. The SMILES string of the molecule is COC(=O)N[C@H](C(=O)N1[C@@H]2CC[C@H](C2)[C@H]1C1=Nc2ccc(-c3ccc4c(c3)C(F)(F)c3cc(-c5cnc(C6CCCC6)[nH]5)ccc3-4)cc2C1)C1CCOCC1. The number of nitrogens with zero attached hydrogens (tertiary/aromatic N) is 3. The second-order valence-corrected chi connectivity index (χ2v) is 16.4. The number of rotatable bonds is 7. The Bertz CT molecular complexity index is 2220. The van der Waals surface area contributed by atoms with E-state index in [0.717, 1.165) is 71.7 Å². The summed E-state index contributed by atoms with van der Waals surface area (Å²) >= 11 is 0. The number of amides is 2. The zero-order chi connectivity index (χ0) is 37.4. The highest BCUT2D eigenvalue weighted by Gasteiger charge is 2.53. The third-order valence-electron chi connectivity index (χ3n) is 13.3. The van der Waals surface area contributed by atoms with Gasteiger partial charge in [0.1, 0.15) is 11.9 Å². The Morgan fingerprint density at radius 3 is 2.40 bits per heavy atom. The molecule has 3 aliphatic heterocycles. The molecular weight excluding hydrogens is 701 g/mol. The number of hydrogen-bond donors (Lipinski definition) is 2. The molecule has 2 saturated heterocycles. The van der Waals surface area contributed by atoms with Crippen LogP contribution < -0.4 is 5.32 Å². The van der Waals surface area contributed by atoms with Gasteiger partial charge < -0.3 is 24.7 Å². The number of carbonyl (C=O) groups is 2. The van der Waals surface area contributed by atoms with Crippen LogP contribution in [0.2, 0.25) is 0 Å². The Hall–Kier alpha value is -4.90. The van der Waals surface area contributed by atoms with Crippen LogP contribution in [0.25, 0.3) is 33.5 Å². The van der Waals surface area contributed by atoms with Crippen molar-refractivity contribution >= 4 is 23.4 Å². The Kier molecular flexibility index (Phi) is 8.42. The maximum Gasteiger partial charge on any atom is 0.407 e. The van der Waals surface area contributed by atoms with Gasteiger partial charge in [-0.3, -0.25) is 9.79 Å². The summed E-state index contributed by atoms with van der Waals surface area (Å²) in [5.74, 6) is -1.59. The zero-order valence-electron chi connectivity index (χ0n) is 31.0. The quantitative estimate of drug-likeness (QED) is 0.197. The molecule has 1 aromatic heterocycles. The summed E-state index contributed by atoms with van der Waals surface area (Å²) in [4.78, 5) is 42.0. The molecule has 4 fully saturated rings. The molecule has 0 unspecified atom stereocenters. The second kappa shape index (κ2) is 13.4. The number of imidazole rings is 1. The van der Waals surface area contributed by atoms with Crippen molar-refractivity contribution < 1.29 is 27.8 Å². The summed E-state index contributed by atoms with van der Waals surface area (Å²) in [6, 6.07) is 16.0. The van der Waals surface area contributed by atoms with Gasteiger partial charge in [-0.25, -0.2) is 9.78 Å². The molecule has 3 aliphatic carbocycles. The largest absolute Gasteiger partial charge is 0.453 e. The lowest BCUT2D eigenvalue weighted by atomic mass is 9.88. The smallest absolute Gasteiger partial charge is 0.407 e. The Labute approximate surface area is 318 Å². The highest BCUT2D eigenvalue weighted by atomic mass is 19.3. The summed E-state index contributed by atoms with van der Waals surface area (Å²) in [7, 11) is 1.32. The molecule has 3 aromatic carbocycles. The van der Waals surface area contributed by atoms with E-state index in [-0.39, 0.29) is 35.0 Å². The number of aromatic amines is 1. The van der Waals surface area contributed by atoms with E-state index in [0.29, 0.717) is 61.0 Å². The number of aromatic nitrogens is 2. The van der Waals surface area contributed by atoms with Crippen molar-refractivity contribution in [2.75, 3.05) is 20.3 Å². The maximum atomic E-state index is 16.3. The average molecular weight is 746 g/mol. The van der Waals surface area contributed by atoms with Gasteiger partial charge in [0.2, 0.25) is 5.91 Å². The number of piperidine rings is 1. The van der Waals surface area contributed by atoms with Gasteiger partial charge >= 0.3 is 6.09 Å². The van der Waals surface area contributed by atoms with E-state index in [4.69, 9.17) is 14.5 Å². The minimum absolute atomic E-state index is 0.0154. The van der Waals surface area contributed by atoms with Crippen molar-refractivity contribution in [1.82, 2.24) is 20.2 Å². The lowest BCUT2D eigenvalue weighted by Gasteiger charge is -2.40. The second-order valence-electron chi connectivity index (χ2n) is 16.4.